The highest BCUT2D eigenvalue weighted by molar-refractivity contribution is 9.10. The maximum atomic E-state index is 13.6. The Morgan fingerprint density at radius 3 is 3.04 bits per heavy atom. The fraction of sp³-hybridized carbons (Fsp3) is 0.214. The molecule has 0 aliphatic carbocycles. The highest BCUT2D eigenvalue weighted by atomic mass is 79.9. The third kappa shape index (κ3) is 5.29. The second-order valence-corrected chi connectivity index (χ2v) is 6.29. The predicted octanol–water partition coefficient (Wildman–Crippen LogP) is 3.50. The van der Waals surface area contributed by atoms with Crippen LogP contribution >= 0.6 is 27.3 Å². The van der Waals surface area contributed by atoms with Gasteiger partial charge in [0.05, 0.1) is 29.9 Å². The zero-order valence-electron chi connectivity index (χ0n) is 12.9. The molecule has 1 heterocycles. The molecule has 132 valence electrons. The van der Waals surface area contributed by atoms with Crippen LogP contribution in [0.15, 0.2) is 27.1 Å². The minimum Gasteiger partial charge on any atom is -0.466 e. The molecular weight excluding hydrogens is 419 g/mol. The van der Waals surface area contributed by atoms with E-state index in [0.717, 1.165) is 12.1 Å². The van der Waals surface area contributed by atoms with E-state index in [4.69, 9.17) is 4.74 Å². The number of rotatable bonds is 7. The molecule has 0 fully saturated rings. The van der Waals surface area contributed by atoms with Crippen LogP contribution in [-0.4, -0.2) is 28.7 Å². The number of nitro benzene ring substituents is 1. The fourth-order valence-electron chi connectivity index (χ4n) is 1.75. The van der Waals surface area contributed by atoms with Gasteiger partial charge < -0.3 is 4.74 Å². The van der Waals surface area contributed by atoms with E-state index < -0.39 is 16.4 Å². The number of ether oxygens (including phenoxy) is 1. The van der Waals surface area contributed by atoms with Gasteiger partial charge in [-0.1, -0.05) is 0 Å². The molecule has 0 spiro atoms. The van der Waals surface area contributed by atoms with Crippen molar-refractivity contribution >= 4 is 50.3 Å². The molecular formula is C14H12BrFN4O4S. The second-order valence-electron chi connectivity index (χ2n) is 4.58. The summed E-state index contributed by atoms with van der Waals surface area (Å²) < 4.78 is 18.8. The van der Waals surface area contributed by atoms with Gasteiger partial charge in [0.1, 0.15) is 0 Å². The van der Waals surface area contributed by atoms with Crippen LogP contribution < -0.4 is 5.43 Å². The van der Waals surface area contributed by atoms with E-state index in [1.165, 1.54) is 17.6 Å². The average molecular weight is 431 g/mol. The van der Waals surface area contributed by atoms with Crippen LogP contribution in [0.25, 0.3) is 0 Å². The number of benzene rings is 1. The Kier molecular flexibility index (Phi) is 6.53. The van der Waals surface area contributed by atoms with Gasteiger partial charge in [-0.3, -0.25) is 20.3 Å². The van der Waals surface area contributed by atoms with Gasteiger partial charge in [0.2, 0.25) is 10.9 Å². The molecule has 2 aromatic rings. The first-order chi connectivity index (χ1) is 11.9. The summed E-state index contributed by atoms with van der Waals surface area (Å²) in [7, 11) is 0. The van der Waals surface area contributed by atoms with Crippen LogP contribution in [0.4, 0.5) is 15.2 Å². The van der Waals surface area contributed by atoms with Crippen LogP contribution in [0, 0.1) is 15.9 Å². The summed E-state index contributed by atoms with van der Waals surface area (Å²) in [5.41, 5.74) is 2.89. The number of hydrogen-bond donors (Lipinski definition) is 1. The Bertz CT molecular complexity index is 827. The van der Waals surface area contributed by atoms with Gasteiger partial charge in [0.25, 0.3) is 0 Å². The molecule has 1 aromatic heterocycles. The molecule has 0 saturated heterocycles. The Morgan fingerprint density at radius 2 is 2.36 bits per heavy atom. The van der Waals surface area contributed by atoms with Gasteiger partial charge in [-0.2, -0.15) is 9.49 Å². The molecule has 0 atom stereocenters. The molecule has 11 heteroatoms. The third-order valence-corrected chi connectivity index (χ3v) is 4.29. The molecule has 0 aliphatic heterocycles. The zero-order chi connectivity index (χ0) is 18.4. The molecule has 0 amide bonds. The quantitative estimate of drug-likeness (QED) is 0.311. The van der Waals surface area contributed by atoms with Gasteiger partial charge in [-0.25, -0.2) is 4.98 Å². The molecule has 0 saturated carbocycles. The van der Waals surface area contributed by atoms with Crippen molar-refractivity contribution in [1.29, 1.82) is 0 Å². The highest BCUT2D eigenvalue weighted by Crippen LogP contribution is 2.25. The summed E-state index contributed by atoms with van der Waals surface area (Å²) in [5.74, 6) is -1.33. The molecule has 0 bridgehead atoms. The van der Waals surface area contributed by atoms with E-state index in [9.17, 15) is 19.3 Å². The van der Waals surface area contributed by atoms with Crippen LogP contribution in [0.2, 0.25) is 0 Å². The first-order valence-electron chi connectivity index (χ1n) is 6.93. The minimum absolute atomic E-state index is 0.0643. The van der Waals surface area contributed by atoms with E-state index in [2.05, 4.69) is 31.4 Å². The number of nitro groups is 1. The number of aromatic nitrogens is 1. The Balaban J connectivity index is 2.02. The second kappa shape index (κ2) is 8.62. The molecule has 0 unspecified atom stereocenters. The van der Waals surface area contributed by atoms with Crippen molar-refractivity contribution in [3.8, 4) is 0 Å². The predicted molar refractivity (Wildman–Crippen MR) is 94.4 cm³/mol. The number of anilines is 1. The summed E-state index contributed by atoms with van der Waals surface area (Å²) in [6, 6.07) is 2.07. The zero-order valence-corrected chi connectivity index (χ0v) is 15.3. The van der Waals surface area contributed by atoms with Gasteiger partial charge in [-0.15, -0.1) is 11.3 Å². The van der Waals surface area contributed by atoms with Crippen LogP contribution in [-0.2, 0) is 16.0 Å². The number of nitrogens with zero attached hydrogens (tertiary/aromatic N) is 3. The van der Waals surface area contributed by atoms with E-state index in [1.807, 2.05) is 0 Å². The lowest BCUT2D eigenvalue weighted by atomic mass is 10.2. The van der Waals surface area contributed by atoms with Gasteiger partial charge in [0.15, 0.2) is 0 Å². The molecule has 0 aliphatic rings. The lowest BCUT2D eigenvalue weighted by Gasteiger charge is -2.00. The lowest BCUT2D eigenvalue weighted by molar-refractivity contribution is -0.387. The lowest BCUT2D eigenvalue weighted by Crippen LogP contribution is -2.07. The van der Waals surface area contributed by atoms with Crippen molar-refractivity contribution in [2.24, 2.45) is 5.10 Å². The standard InChI is InChI=1S/C14H12BrFN4O4S/c1-2-24-13(21)4-9-7-25-14(18-9)19-17-6-8-3-11(16)12(20(22)23)5-10(8)15/h3,5-7H,2,4H2,1H3,(H,18,19). The van der Waals surface area contributed by atoms with Crippen LogP contribution in [0.3, 0.4) is 0 Å². The topological polar surface area (TPSA) is 107 Å². The summed E-state index contributed by atoms with van der Waals surface area (Å²) in [6.07, 6.45) is 1.36. The Hall–Kier alpha value is -2.40. The number of halogens is 2. The highest BCUT2D eigenvalue weighted by Gasteiger charge is 2.16. The van der Waals surface area contributed by atoms with Gasteiger partial charge >= 0.3 is 11.7 Å². The van der Waals surface area contributed by atoms with E-state index in [-0.39, 0.29) is 12.4 Å². The van der Waals surface area contributed by atoms with E-state index in [0.29, 0.717) is 27.5 Å². The number of hydrogen-bond acceptors (Lipinski definition) is 8. The van der Waals surface area contributed by atoms with Gasteiger partial charge in [-0.05, 0) is 28.9 Å². The van der Waals surface area contributed by atoms with Crippen molar-refractivity contribution in [1.82, 2.24) is 4.98 Å². The molecule has 8 nitrogen and oxygen atoms in total. The number of carbonyl (C=O) groups excluding carboxylic acids is 1. The number of esters is 1. The third-order valence-electron chi connectivity index (χ3n) is 2.81. The first kappa shape index (κ1) is 18.9. The van der Waals surface area contributed by atoms with Crippen molar-refractivity contribution in [2.75, 3.05) is 12.0 Å². The fourth-order valence-corrected chi connectivity index (χ4v) is 2.84. The van der Waals surface area contributed by atoms with Crippen molar-refractivity contribution in [3.05, 3.63) is 49.2 Å². The largest absolute Gasteiger partial charge is 0.466 e. The van der Waals surface area contributed by atoms with Crippen LogP contribution in [0.5, 0.6) is 0 Å². The molecule has 0 radical (unpaired) electrons. The van der Waals surface area contributed by atoms with Crippen LogP contribution in [0.1, 0.15) is 18.2 Å². The molecule has 25 heavy (non-hydrogen) atoms. The summed E-state index contributed by atoms with van der Waals surface area (Å²) in [4.78, 5) is 25.4. The van der Waals surface area contributed by atoms with Crippen molar-refractivity contribution < 1.29 is 18.8 Å². The Labute approximate surface area is 154 Å². The number of hydrazone groups is 1. The van der Waals surface area contributed by atoms with Crippen molar-refractivity contribution in [3.63, 3.8) is 0 Å². The summed E-state index contributed by atoms with van der Waals surface area (Å²) in [6.45, 7) is 2.03. The van der Waals surface area contributed by atoms with Crippen molar-refractivity contribution in [2.45, 2.75) is 13.3 Å². The maximum absolute atomic E-state index is 13.6. The first-order valence-corrected chi connectivity index (χ1v) is 8.60. The Morgan fingerprint density at radius 1 is 1.60 bits per heavy atom. The summed E-state index contributed by atoms with van der Waals surface area (Å²) >= 11 is 4.37. The van der Waals surface area contributed by atoms with E-state index >= 15 is 0 Å². The normalized spacial score (nSPS) is 10.8. The smallest absolute Gasteiger partial charge is 0.311 e. The maximum Gasteiger partial charge on any atom is 0.311 e. The number of carbonyl (C=O) groups is 1. The number of nitrogens with one attached hydrogen (secondary N) is 1. The SMILES string of the molecule is CCOC(=O)Cc1csc(NN=Cc2cc(F)c([N+](=O)[O-])cc2Br)n1. The minimum atomic E-state index is -0.958. The molecule has 2 rings (SSSR count). The van der Waals surface area contributed by atoms with Gasteiger partial charge in [0, 0.05) is 21.5 Å². The van der Waals surface area contributed by atoms with E-state index in [1.54, 1.807) is 12.3 Å². The number of thiazole rings is 1. The monoisotopic (exact) mass is 430 g/mol. The molecule has 1 aromatic carbocycles. The molecule has 1 N–H and O–H groups in total. The summed E-state index contributed by atoms with van der Waals surface area (Å²) in [5, 5.41) is 16.7. The average Bonchev–Trinajstić information content (AvgIpc) is 2.97.